The van der Waals surface area contributed by atoms with Gasteiger partial charge in [0.15, 0.2) is 0 Å². The number of hydrogen-bond acceptors (Lipinski definition) is 2. The van der Waals surface area contributed by atoms with Gasteiger partial charge in [-0.1, -0.05) is 15.9 Å². The minimum Gasteiger partial charge on any atom is -0.478 e. The van der Waals surface area contributed by atoms with E-state index in [2.05, 4.69) is 21.0 Å². The predicted molar refractivity (Wildman–Crippen MR) is 43.2 cm³/mol. The van der Waals surface area contributed by atoms with Gasteiger partial charge in [-0.15, -0.1) is 0 Å². The van der Waals surface area contributed by atoms with E-state index in [1.165, 1.54) is 0 Å². The fourth-order valence-electron chi connectivity index (χ4n) is 0.673. The highest BCUT2D eigenvalue weighted by Crippen LogP contribution is 2.22. The number of nitrogens with zero attached hydrogens (tertiary/aromatic N) is 2. The fraction of sp³-hybridized carbons (Fsp3) is 0.333. The van der Waals surface area contributed by atoms with E-state index in [0.29, 0.717) is 4.68 Å². The zero-order valence-electron chi connectivity index (χ0n) is 6.25. The van der Waals surface area contributed by atoms with Crippen molar-refractivity contribution in [3.05, 3.63) is 18.0 Å². The van der Waals surface area contributed by atoms with Gasteiger partial charge in [0, 0.05) is 6.20 Å². The van der Waals surface area contributed by atoms with Crippen molar-refractivity contribution in [1.29, 1.82) is 0 Å². The average Bonchev–Trinajstić information content (AvgIpc) is 2.52. The molecular weight excluding hydrogens is 250 g/mol. The smallest absolute Gasteiger partial charge is 0.353 e. The number of alkyl halides is 3. The first-order valence-corrected chi connectivity index (χ1v) is 4.32. The maximum absolute atomic E-state index is 12.8. The molecule has 7 heteroatoms. The molecule has 13 heavy (non-hydrogen) atoms. The average molecular weight is 255 g/mol. The number of carbonyl (C=O) groups is 1. The Balaban J connectivity index is 2.98. The van der Waals surface area contributed by atoms with Gasteiger partial charge in [0.05, 0.1) is 17.1 Å². The molecule has 0 aliphatic heterocycles. The SMILES string of the molecule is O=C(O)c1cnn(C(F)(F)CBr)c1. The molecule has 1 N–H and O–H groups in total. The second-order valence-electron chi connectivity index (χ2n) is 2.28. The summed E-state index contributed by atoms with van der Waals surface area (Å²) in [4.78, 5) is 10.3. The van der Waals surface area contributed by atoms with Gasteiger partial charge in [-0.2, -0.15) is 13.9 Å². The second kappa shape index (κ2) is 3.41. The van der Waals surface area contributed by atoms with E-state index in [-0.39, 0.29) is 5.56 Å². The van der Waals surface area contributed by atoms with Gasteiger partial charge < -0.3 is 5.11 Å². The van der Waals surface area contributed by atoms with Crippen LogP contribution in [0, 0.1) is 0 Å². The third-order valence-corrected chi connectivity index (χ3v) is 2.00. The van der Waals surface area contributed by atoms with Crippen LogP contribution in [-0.2, 0) is 6.05 Å². The van der Waals surface area contributed by atoms with E-state index in [0.717, 1.165) is 12.4 Å². The van der Waals surface area contributed by atoms with Crippen molar-refractivity contribution >= 4 is 21.9 Å². The molecule has 0 saturated carbocycles. The summed E-state index contributed by atoms with van der Waals surface area (Å²) in [5.74, 6) is -1.28. The predicted octanol–water partition coefficient (Wildman–Crippen LogP) is 1.53. The van der Waals surface area contributed by atoms with Crippen LogP contribution < -0.4 is 0 Å². The van der Waals surface area contributed by atoms with E-state index < -0.39 is 17.3 Å². The van der Waals surface area contributed by atoms with Crippen molar-refractivity contribution < 1.29 is 18.7 Å². The van der Waals surface area contributed by atoms with Crippen LogP contribution in [0.25, 0.3) is 0 Å². The van der Waals surface area contributed by atoms with E-state index in [4.69, 9.17) is 5.11 Å². The molecule has 0 radical (unpaired) electrons. The molecule has 0 atom stereocenters. The molecule has 0 saturated heterocycles. The monoisotopic (exact) mass is 254 g/mol. The minimum atomic E-state index is -3.20. The van der Waals surface area contributed by atoms with Crippen molar-refractivity contribution in [3.8, 4) is 0 Å². The first-order chi connectivity index (χ1) is 5.97. The fourth-order valence-corrected chi connectivity index (χ4v) is 0.930. The van der Waals surface area contributed by atoms with Gasteiger partial charge in [-0.3, -0.25) is 0 Å². The molecule has 1 rings (SSSR count). The van der Waals surface area contributed by atoms with Gasteiger partial charge in [-0.05, 0) is 0 Å². The largest absolute Gasteiger partial charge is 0.478 e. The molecule has 0 bridgehead atoms. The van der Waals surface area contributed by atoms with Crippen LogP contribution >= 0.6 is 15.9 Å². The standard InChI is InChI=1S/C6H5BrF2N2O2/c7-3-6(8,9)11-2-4(1-10-11)5(12)13/h1-2H,3H2,(H,12,13). The number of aromatic nitrogens is 2. The van der Waals surface area contributed by atoms with Crippen molar-refractivity contribution in [2.24, 2.45) is 0 Å². The Kier molecular flexibility index (Phi) is 2.65. The first-order valence-electron chi connectivity index (χ1n) is 3.19. The Morgan fingerprint density at radius 1 is 1.77 bits per heavy atom. The first kappa shape index (κ1) is 10.1. The lowest BCUT2D eigenvalue weighted by atomic mass is 10.4. The van der Waals surface area contributed by atoms with E-state index in [1.807, 2.05) is 0 Å². The number of rotatable bonds is 3. The van der Waals surface area contributed by atoms with E-state index in [1.54, 1.807) is 0 Å². The van der Waals surface area contributed by atoms with Crippen LogP contribution in [0.15, 0.2) is 12.4 Å². The topological polar surface area (TPSA) is 55.1 Å². The molecule has 0 aliphatic rings. The Hall–Kier alpha value is -0.980. The summed E-state index contributed by atoms with van der Waals surface area (Å²) in [7, 11) is 0. The van der Waals surface area contributed by atoms with Gasteiger partial charge in [0.2, 0.25) is 0 Å². The lowest BCUT2D eigenvalue weighted by Gasteiger charge is -2.12. The van der Waals surface area contributed by atoms with Crippen LogP contribution in [0.4, 0.5) is 8.78 Å². The quantitative estimate of drug-likeness (QED) is 0.833. The highest BCUT2D eigenvalue weighted by Gasteiger charge is 2.31. The second-order valence-corrected chi connectivity index (χ2v) is 2.84. The van der Waals surface area contributed by atoms with Crippen molar-refractivity contribution in [3.63, 3.8) is 0 Å². The van der Waals surface area contributed by atoms with Crippen LogP contribution in [0.1, 0.15) is 10.4 Å². The lowest BCUT2D eigenvalue weighted by Crippen LogP contribution is -2.25. The van der Waals surface area contributed by atoms with Crippen molar-refractivity contribution in [2.45, 2.75) is 6.05 Å². The van der Waals surface area contributed by atoms with Crippen LogP contribution in [0.3, 0.4) is 0 Å². The highest BCUT2D eigenvalue weighted by atomic mass is 79.9. The molecule has 1 aromatic rings. The van der Waals surface area contributed by atoms with Gasteiger partial charge in [0.1, 0.15) is 0 Å². The third-order valence-electron chi connectivity index (χ3n) is 1.33. The van der Waals surface area contributed by atoms with Crippen molar-refractivity contribution in [1.82, 2.24) is 9.78 Å². The summed E-state index contributed by atoms with van der Waals surface area (Å²) in [6, 6.07) is -3.20. The Morgan fingerprint density at radius 3 is 2.77 bits per heavy atom. The van der Waals surface area contributed by atoms with Crippen molar-refractivity contribution in [2.75, 3.05) is 5.33 Å². The summed E-state index contributed by atoms with van der Waals surface area (Å²) < 4.78 is 26.0. The number of aromatic carboxylic acids is 1. The Morgan fingerprint density at radius 2 is 2.38 bits per heavy atom. The minimum absolute atomic E-state index is 0.263. The summed E-state index contributed by atoms with van der Waals surface area (Å²) in [5, 5.41) is 11.1. The third kappa shape index (κ3) is 2.03. The highest BCUT2D eigenvalue weighted by molar-refractivity contribution is 9.09. The maximum Gasteiger partial charge on any atom is 0.353 e. The molecule has 4 nitrogen and oxygen atoms in total. The number of carboxylic acids is 1. The molecule has 0 aromatic carbocycles. The molecule has 0 aliphatic carbocycles. The Labute approximate surface area is 80.3 Å². The summed E-state index contributed by atoms with van der Waals surface area (Å²) in [6.07, 6.45) is 1.66. The molecule has 0 fully saturated rings. The van der Waals surface area contributed by atoms with E-state index in [9.17, 15) is 13.6 Å². The van der Waals surface area contributed by atoms with E-state index >= 15 is 0 Å². The number of halogens is 3. The zero-order chi connectivity index (χ0) is 10.1. The van der Waals surface area contributed by atoms with Crippen LogP contribution in [-0.4, -0.2) is 26.2 Å². The number of hydrogen-bond donors (Lipinski definition) is 1. The summed E-state index contributed by atoms with van der Waals surface area (Å²) in [6.45, 7) is 0. The maximum atomic E-state index is 12.8. The number of carboxylic acid groups (broad SMARTS) is 1. The zero-order valence-corrected chi connectivity index (χ0v) is 7.83. The van der Waals surface area contributed by atoms with Gasteiger partial charge >= 0.3 is 12.0 Å². The van der Waals surface area contributed by atoms with Gasteiger partial charge in [-0.25, -0.2) is 9.48 Å². The molecule has 0 amide bonds. The molecular formula is C6H5BrF2N2O2. The van der Waals surface area contributed by atoms with Crippen LogP contribution in [0.5, 0.6) is 0 Å². The van der Waals surface area contributed by atoms with Crippen LogP contribution in [0.2, 0.25) is 0 Å². The molecule has 0 unspecified atom stereocenters. The summed E-state index contributed by atoms with van der Waals surface area (Å²) in [5.41, 5.74) is -0.263. The summed E-state index contributed by atoms with van der Waals surface area (Å²) >= 11 is 2.60. The van der Waals surface area contributed by atoms with Gasteiger partial charge in [0.25, 0.3) is 0 Å². The molecule has 1 heterocycles. The molecule has 1 aromatic heterocycles. The lowest BCUT2D eigenvalue weighted by molar-refractivity contribution is -0.0657. The molecule has 0 spiro atoms. The molecule has 72 valence electrons. The normalized spacial score (nSPS) is 11.6. The Bertz CT molecular complexity index is 326.